The Balaban J connectivity index is 1.99. The van der Waals surface area contributed by atoms with Gasteiger partial charge >= 0.3 is 5.97 Å². The van der Waals surface area contributed by atoms with E-state index in [1.165, 1.54) is 21.3 Å². The summed E-state index contributed by atoms with van der Waals surface area (Å²) in [7, 11) is 4.43. The summed E-state index contributed by atoms with van der Waals surface area (Å²) in [5, 5.41) is 31.0. The van der Waals surface area contributed by atoms with Crippen LogP contribution in [0.5, 0.6) is 28.7 Å². The first-order valence-corrected chi connectivity index (χ1v) is 9.70. The number of hydrogen-bond acceptors (Lipinski definition) is 8. The Bertz CT molecular complexity index is 978. The number of aliphatic hydroxyl groups is 2. The molecular weight excluding hydrogens is 408 g/mol. The Morgan fingerprint density at radius 1 is 1.00 bits per heavy atom. The summed E-state index contributed by atoms with van der Waals surface area (Å²) in [6.07, 6.45) is -1.19. The van der Waals surface area contributed by atoms with Crippen molar-refractivity contribution in [3.05, 3.63) is 41.0 Å². The summed E-state index contributed by atoms with van der Waals surface area (Å²) in [4.78, 5) is 12.4. The third-order valence-corrected chi connectivity index (χ3v) is 6.00. The van der Waals surface area contributed by atoms with Gasteiger partial charge in [-0.05, 0) is 41.0 Å². The zero-order valence-electron chi connectivity index (χ0n) is 17.3. The first kappa shape index (κ1) is 21.1. The lowest BCUT2D eigenvalue weighted by Gasteiger charge is -2.40. The summed E-state index contributed by atoms with van der Waals surface area (Å²) in [6.45, 7) is -0.470. The Hall–Kier alpha value is -3.17. The second kappa shape index (κ2) is 8.16. The van der Waals surface area contributed by atoms with Crippen molar-refractivity contribution < 1.29 is 43.8 Å². The second-order valence-electron chi connectivity index (χ2n) is 7.43. The van der Waals surface area contributed by atoms with Crippen LogP contribution in [0, 0.1) is 11.8 Å². The van der Waals surface area contributed by atoms with Gasteiger partial charge in [-0.2, -0.15) is 0 Å². The van der Waals surface area contributed by atoms with Gasteiger partial charge in [0.2, 0.25) is 12.5 Å². The van der Waals surface area contributed by atoms with E-state index < -0.39 is 36.4 Å². The van der Waals surface area contributed by atoms with Crippen LogP contribution in [0.25, 0.3) is 0 Å². The number of carbonyl (C=O) groups is 1. The van der Waals surface area contributed by atoms with Gasteiger partial charge < -0.3 is 39.0 Å². The molecule has 31 heavy (non-hydrogen) atoms. The SMILES string of the molecule is COc1cc([C@@H]2c3cc4c(cc3[C@H](O)[C@@H](CO)[C@H]2C(=O)O)OCO4)cc(OC)c1OC. The predicted octanol–water partition coefficient (Wildman–Crippen LogP) is 1.93. The molecule has 1 aliphatic heterocycles. The molecule has 0 amide bonds. The number of aliphatic carboxylic acids is 1. The number of ether oxygens (including phenoxy) is 5. The standard InChI is InChI=1S/C22H24O9/c1-27-16-4-10(5-17(28-2)21(16)29-3)18-11-6-14-15(31-9-30-14)7-12(11)20(24)13(8-23)19(18)22(25)26/h4-7,13,18-20,23-24H,8-9H2,1-3H3,(H,25,26)/t13-,18+,19+,20-/m0/s1. The molecule has 0 unspecified atom stereocenters. The normalized spacial score (nSPS) is 23.8. The van der Waals surface area contributed by atoms with Gasteiger partial charge in [-0.15, -0.1) is 0 Å². The zero-order chi connectivity index (χ0) is 22.3. The van der Waals surface area contributed by atoms with Gasteiger partial charge in [0.1, 0.15) is 0 Å². The Morgan fingerprint density at radius 3 is 2.06 bits per heavy atom. The summed E-state index contributed by atoms with van der Waals surface area (Å²) in [5.74, 6) is -1.87. The molecule has 0 radical (unpaired) electrons. The van der Waals surface area contributed by atoms with Gasteiger partial charge in [-0.25, -0.2) is 0 Å². The van der Waals surface area contributed by atoms with Crippen molar-refractivity contribution in [2.45, 2.75) is 12.0 Å². The van der Waals surface area contributed by atoms with Crippen LogP contribution in [0.3, 0.4) is 0 Å². The maximum absolute atomic E-state index is 12.4. The van der Waals surface area contributed by atoms with E-state index in [0.717, 1.165) is 0 Å². The number of aliphatic hydroxyl groups excluding tert-OH is 2. The maximum Gasteiger partial charge on any atom is 0.307 e. The molecule has 0 aromatic heterocycles. The van der Waals surface area contributed by atoms with Crippen molar-refractivity contribution in [3.63, 3.8) is 0 Å². The van der Waals surface area contributed by atoms with E-state index >= 15 is 0 Å². The Kier molecular flexibility index (Phi) is 5.55. The van der Waals surface area contributed by atoms with Crippen LogP contribution in [0.1, 0.15) is 28.7 Å². The third kappa shape index (κ3) is 3.30. The van der Waals surface area contributed by atoms with Gasteiger partial charge in [0.15, 0.2) is 23.0 Å². The molecule has 0 spiro atoms. The summed E-state index contributed by atoms with van der Waals surface area (Å²) in [6, 6.07) is 6.71. The molecule has 4 rings (SSSR count). The second-order valence-corrected chi connectivity index (χ2v) is 7.43. The van der Waals surface area contributed by atoms with Gasteiger partial charge in [0, 0.05) is 18.4 Å². The number of fused-ring (bicyclic) bond motifs is 2. The van der Waals surface area contributed by atoms with E-state index in [1.54, 1.807) is 24.3 Å². The highest BCUT2D eigenvalue weighted by molar-refractivity contribution is 5.75. The fraction of sp³-hybridized carbons (Fsp3) is 0.409. The lowest BCUT2D eigenvalue weighted by atomic mass is 9.65. The van der Waals surface area contributed by atoms with Crippen molar-refractivity contribution in [2.24, 2.45) is 11.8 Å². The topological polar surface area (TPSA) is 124 Å². The molecule has 3 N–H and O–H groups in total. The van der Waals surface area contributed by atoms with Crippen LogP contribution >= 0.6 is 0 Å². The van der Waals surface area contributed by atoms with Crippen molar-refractivity contribution in [3.8, 4) is 28.7 Å². The van der Waals surface area contributed by atoms with Crippen molar-refractivity contribution in [1.82, 2.24) is 0 Å². The number of carboxylic acid groups (broad SMARTS) is 1. The molecule has 2 aromatic carbocycles. The molecule has 1 aliphatic carbocycles. The molecular formula is C22H24O9. The van der Waals surface area contributed by atoms with Gasteiger partial charge in [0.25, 0.3) is 0 Å². The summed E-state index contributed by atoms with van der Waals surface area (Å²) < 4.78 is 27.2. The predicted molar refractivity (Wildman–Crippen MR) is 107 cm³/mol. The van der Waals surface area contributed by atoms with Gasteiger partial charge in [-0.3, -0.25) is 4.79 Å². The molecule has 1 heterocycles. The highest BCUT2D eigenvalue weighted by Crippen LogP contribution is 2.53. The molecule has 166 valence electrons. The van der Waals surface area contributed by atoms with Crippen LogP contribution in [0.2, 0.25) is 0 Å². The van der Waals surface area contributed by atoms with E-state index in [1.807, 2.05) is 0 Å². The third-order valence-electron chi connectivity index (χ3n) is 6.00. The zero-order valence-corrected chi connectivity index (χ0v) is 17.3. The number of rotatable bonds is 6. The van der Waals surface area contributed by atoms with Crippen molar-refractivity contribution in [2.75, 3.05) is 34.7 Å². The highest BCUT2D eigenvalue weighted by Gasteiger charge is 2.47. The van der Waals surface area contributed by atoms with E-state index in [9.17, 15) is 20.1 Å². The van der Waals surface area contributed by atoms with Crippen molar-refractivity contribution in [1.29, 1.82) is 0 Å². The van der Waals surface area contributed by atoms with E-state index in [-0.39, 0.29) is 6.79 Å². The minimum Gasteiger partial charge on any atom is -0.493 e. The monoisotopic (exact) mass is 432 g/mol. The molecule has 9 nitrogen and oxygen atoms in total. The lowest BCUT2D eigenvalue weighted by Crippen LogP contribution is -2.40. The molecule has 4 atom stereocenters. The minimum absolute atomic E-state index is 0.0367. The first-order chi connectivity index (χ1) is 14.9. The fourth-order valence-electron chi connectivity index (χ4n) is 4.57. The Morgan fingerprint density at radius 2 is 1.58 bits per heavy atom. The van der Waals surface area contributed by atoms with Crippen LogP contribution in [-0.2, 0) is 4.79 Å². The maximum atomic E-state index is 12.4. The average molecular weight is 432 g/mol. The van der Waals surface area contributed by atoms with E-state index in [2.05, 4.69) is 0 Å². The molecule has 0 fully saturated rings. The number of carboxylic acids is 1. The highest BCUT2D eigenvalue weighted by atomic mass is 16.7. The largest absolute Gasteiger partial charge is 0.493 e. The van der Waals surface area contributed by atoms with Gasteiger partial charge in [-0.1, -0.05) is 0 Å². The molecule has 0 bridgehead atoms. The lowest BCUT2D eigenvalue weighted by molar-refractivity contribution is -0.148. The fourth-order valence-corrected chi connectivity index (χ4v) is 4.57. The Labute approximate surface area is 178 Å². The molecule has 2 aromatic rings. The molecule has 2 aliphatic rings. The number of benzene rings is 2. The molecule has 0 saturated carbocycles. The van der Waals surface area contributed by atoms with E-state index in [0.29, 0.717) is 45.4 Å². The van der Waals surface area contributed by atoms with Crippen LogP contribution in [-0.4, -0.2) is 56.0 Å². The van der Waals surface area contributed by atoms with Crippen LogP contribution < -0.4 is 23.7 Å². The molecule has 0 saturated heterocycles. The van der Waals surface area contributed by atoms with Crippen molar-refractivity contribution >= 4 is 5.97 Å². The first-order valence-electron chi connectivity index (χ1n) is 9.70. The van der Waals surface area contributed by atoms with Crippen LogP contribution in [0.15, 0.2) is 24.3 Å². The summed E-state index contributed by atoms with van der Waals surface area (Å²) >= 11 is 0. The average Bonchev–Trinajstić information content (AvgIpc) is 3.24. The summed E-state index contributed by atoms with van der Waals surface area (Å²) in [5.41, 5.74) is 1.63. The quantitative estimate of drug-likeness (QED) is 0.628. The number of methoxy groups -OCH3 is 3. The molecule has 9 heteroatoms. The minimum atomic E-state index is -1.19. The van der Waals surface area contributed by atoms with E-state index in [4.69, 9.17) is 23.7 Å². The van der Waals surface area contributed by atoms with Gasteiger partial charge in [0.05, 0.1) is 33.4 Å². The smallest absolute Gasteiger partial charge is 0.307 e. The van der Waals surface area contributed by atoms with Crippen LogP contribution in [0.4, 0.5) is 0 Å². The number of hydrogen-bond donors (Lipinski definition) is 3.